The van der Waals surface area contributed by atoms with E-state index in [2.05, 4.69) is 19.9 Å². The topological polar surface area (TPSA) is 26.3 Å². The third kappa shape index (κ3) is 1.82. The lowest BCUT2D eigenvalue weighted by Gasteiger charge is -2.29. The Hall–Kier alpha value is -0.790. The summed E-state index contributed by atoms with van der Waals surface area (Å²) in [6.45, 7) is 4.78. The highest BCUT2D eigenvalue weighted by atomic mass is 16.5. The zero-order chi connectivity index (χ0) is 10.9. The van der Waals surface area contributed by atoms with Gasteiger partial charge in [-0.1, -0.05) is 25.0 Å². The Morgan fingerprint density at radius 2 is 2.47 bits per heavy atom. The summed E-state index contributed by atoms with van der Waals surface area (Å²) in [5.41, 5.74) is 1.26. The molecule has 2 atom stereocenters. The normalized spacial score (nSPS) is 32.9. The van der Waals surface area contributed by atoms with Gasteiger partial charge in [0.05, 0.1) is 12.0 Å². The number of fused-ring (bicyclic) bond motifs is 2. The third-order valence-corrected chi connectivity index (χ3v) is 3.89. The van der Waals surface area contributed by atoms with E-state index in [9.17, 15) is 4.79 Å². The largest absolute Gasteiger partial charge is 0.465 e. The lowest BCUT2D eigenvalue weighted by atomic mass is 9.77. The molecule has 0 aromatic carbocycles. The molecule has 0 aromatic rings. The number of esters is 1. The second-order valence-electron chi connectivity index (χ2n) is 5.08. The summed E-state index contributed by atoms with van der Waals surface area (Å²) in [7, 11) is 0. The standard InChI is InChI=1S/C13H20O2/c1-3-4-7-15-12(14)13(2)9-10-5-6-11(13)8-10/h5,11H,3-4,6-9H2,1-2H3. The molecule has 2 nitrogen and oxygen atoms in total. The Kier molecular flexibility index (Phi) is 2.85. The second-order valence-corrected chi connectivity index (χ2v) is 5.08. The Morgan fingerprint density at radius 1 is 1.67 bits per heavy atom. The summed E-state index contributed by atoms with van der Waals surface area (Å²) in [5, 5.41) is 0. The number of unbranched alkanes of at least 4 members (excludes halogenated alkanes) is 1. The van der Waals surface area contributed by atoms with E-state index in [0.29, 0.717) is 12.5 Å². The first-order valence-corrected chi connectivity index (χ1v) is 6.02. The monoisotopic (exact) mass is 208 g/mol. The van der Waals surface area contributed by atoms with E-state index in [0.717, 1.165) is 32.1 Å². The minimum Gasteiger partial charge on any atom is -0.465 e. The molecular weight excluding hydrogens is 188 g/mol. The second kappa shape index (κ2) is 3.99. The van der Waals surface area contributed by atoms with Gasteiger partial charge in [0.1, 0.15) is 0 Å². The molecule has 0 heterocycles. The summed E-state index contributed by atoms with van der Waals surface area (Å²) in [6, 6.07) is 0. The van der Waals surface area contributed by atoms with Crippen LogP contribution in [0.5, 0.6) is 0 Å². The molecule has 84 valence electrons. The van der Waals surface area contributed by atoms with Crippen molar-refractivity contribution in [3.63, 3.8) is 0 Å². The van der Waals surface area contributed by atoms with E-state index >= 15 is 0 Å². The van der Waals surface area contributed by atoms with Crippen LogP contribution in [0.1, 0.15) is 46.0 Å². The quantitative estimate of drug-likeness (QED) is 0.403. The highest BCUT2D eigenvalue weighted by molar-refractivity contribution is 5.78. The van der Waals surface area contributed by atoms with E-state index in [4.69, 9.17) is 4.74 Å². The number of ether oxygens (including phenoxy) is 1. The van der Waals surface area contributed by atoms with E-state index in [1.54, 1.807) is 0 Å². The highest BCUT2D eigenvalue weighted by Crippen LogP contribution is 2.53. The Labute approximate surface area is 91.7 Å². The number of hydrogen-bond donors (Lipinski definition) is 0. The van der Waals surface area contributed by atoms with Crippen LogP contribution in [0.25, 0.3) is 0 Å². The van der Waals surface area contributed by atoms with Crippen molar-refractivity contribution in [3.05, 3.63) is 11.6 Å². The van der Waals surface area contributed by atoms with Gasteiger partial charge in [-0.3, -0.25) is 4.79 Å². The predicted octanol–water partition coefficient (Wildman–Crippen LogP) is 3.08. The number of carbonyl (C=O) groups is 1. The lowest BCUT2D eigenvalue weighted by molar-refractivity contribution is -0.157. The molecule has 1 fully saturated rings. The van der Waals surface area contributed by atoms with Crippen LogP contribution in [0, 0.1) is 11.3 Å². The first-order chi connectivity index (χ1) is 7.16. The van der Waals surface area contributed by atoms with Crippen LogP contribution in [-0.2, 0) is 9.53 Å². The molecule has 0 aromatic heterocycles. The van der Waals surface area contributed by atoms with Gasteiger partial charge < -0.3 is 4.74 Å². The van der Waals surface area contributed by atoms with Gasteiger partial charge in [-0.05, 0) is 38.5 Å². The van der Waals surface area contributed by atoms with Crippen LogP contribution in [-0.4, -0.2) is 12.6 Å². The van der Waals surface area contributed by atoms with Crippen molar-refractivity contribution in [2.75, 3.05) is 6.61 Å². The van der Waals surface area contributed by atoms with Crippen molar-refractivity contribution in [1.82, 2.24) is 0 Å². The Balaban J connectivity index is 1.92. The third-order valence-electron chi connectivity index (χ3n) is 3.89. The number of rotatable bonds is 4. The summed E-state index contributed by atoms with van der Waals surface area (Å²) in [6.07, 6.45) is 7.50. The molecule has 0 radical (unpaired) electrons. The van der Waals surface area contributed by atoms with Crippen LogP contribution >= 0.6 is 0 Å². The predicted molar refractivity (Wildman–Crippen MR) is 59.4 cm³/mol. The molecular formula is C13H20O2. The van der Waals surface area contributed by atoms with Crippen molar-refractivity contribution in [2.24, 2.45) is 11.3 Å². The van der Waals surface area contributed by atoms with E-state index in [-0.39, 0.29) is 11.4 Å². The maximum atomic E-state index is 12.0. The fourth-order valence-corrected chi connectivity index (χ4v) is 2.75. The van der Waals surface area contributed by atoms with Gasteiger partial charge in [0, 0.05) is 0 Å². The first kappa shape index (κ1) is 10.7. The minimum absolute atomic E-state index is 0.0315. The summed E-state index contributed by atoms with van der Waals surface area (Å²) >= 11 is 0. The van der Waals surface area contributed by atoms with Crippen molar-refractivity contribution in [3.8, 4) is 0 Å². The molecule has 2 rings (SSSR count). The van der Waals surface area contributed by atoms with Gasteiger partial charge >= 0.3 is 5.97 Å². The average molecular weight is 208 g/mol. The maximum Gasteiger partial charge on any atom is 0.312 e. The smallest absolute Gasteiger partial charge is 0.312 e. The van der Waals surface area contributed by atoms with Crippen LogP contribution in [0.4, 0.5) is 0 Å². The molecule has 0 amide bonds. The average Bonchev–Trinajstić information content (AvgIpc) is 2.78. The van der Waals surface area contributed by atoms with E-state index < -0.39 is 0 Å². The zero-order valence-corrected chi connectivity index (χ0v) is 9.71. The number of allylic oxidation sites excluding steroid dienone is 2. The molecule has 2 unspecified atom stereocenters. The molecule has 2 bridgehead atoms. The first-order valence-electron chi connectivity index (χ1n) is 6.02. The fourth-order valence-electron chi connectivity index (χ4n) is 2.75. The molecule has 0 saturated heterocycles. The molecule has 2 aliphatic carbocycles. The minimum atomic E-state index is -0.210. The zero-order valence-electron chi connectivity index (χ0n) is 9.71. The van der Waals surface area contributed by atoms with Crippen molar-refractivity contribution in [1.29, 1.82) is 0 Å². The Morgan fingerprint density at radius 3 is 3.00 bits per heavy atom. The van der Waals surface area contributed by atoms with Crippen molar-refractivity contribution >= 4 is 5.97 Å². The number of hydrogen-bond acceptors (Lipinski definition) is 2. The van der Waals surface area contributed by atoms with Crippen LogP contribution in [0.15, 0.2) is 11.6 Å². The van der Waals surface area contributed by atoms with Crippen LogP contribution in [0.2, 0.25) is 0 Å². The van der Waals surface area contributed by atoms with Crippen LogP contribution < -0.4 is 0 Å². The maximum absolute atomic E-state index is 12.0. The van der Waals surface area contributed by atoms with Crippen molar-refractivity contribution < 1.29 is 9.53 Å². The summed E-state index contributed by atoms with van der Waals surface area (Å²) in [5.74, 6) is 0.547. The molecule has 0 spiro atoms. The van der Waals surface area contributed by atoms with E-state index in [1.165, 1.54) is 5.57 Å². The molecule has 1 saturated carbocycles. The van der Waals surface area contributed by atoms with Gasteiger partial charge in [0.15, 0.2) is 0 Å². The lowest BCUT2D eigenvalue weighted by Crippen LogP contribution is -2.34. The van der Waals surface area contributed by atoms with Gasteiger partial charge in [0.2, 0.25) is 0 Å². The summed E-state index contributed by atoms with van der Waals surface area (Å²) < 4.78 is 5.36. The van der Waals surface area contributed by atoms with Crippen molar-refractivity contribution in [2.45, 2.75) is 46.0 Å². The molecule has 2 aliphatic rings. The molecule has 0 aliphatic heterocycles. The fraction of sp³-hybridized carbons (Fsp3) is 0.769. The summed E-state index contributed by atoms with van der Waals surface area (Å²) in [4.78, 5) is 12.0. The highest BCUT2D eigenvalue weighted by Gasteiger charge is 2.49. The molecule has 2 heteroatoms. The Bertz CT molecular complexity index is 293. The SMILES string of the molecule is CCCCOC(=O)C1(C)CC2=CCC1C2. The molecule has 0 N–H and O–H groups in total. The van der Waals surface area contributed by atoms with Crippen LogP contribution in [0.3, 0.4) is 0 Å². The van der Waals surface area contributed by atoms with E-state index in [1.807, 2.05) is 0 Å². The number of carbonyl (C=O) groups excluding carboxylic acids is 1. The van der Waals surface area contributed by atoms with Gasteiger partial charge in [-0.15, -0.1) is 0 Å². The van der Waals surface area contributed by atoms with Gasteiger partial charge in [-0.25, -0.2) is 0 Å². The molecule has 15 heavy (non-hydrogen) atoms. The van der Waals surface area contributed by atoms with Gasteiger partial charge in [-0.2, -0.15) is 0 Å². The van der Waals surface area contributed by atoms with Gasteiger partial charge in [0.25, 0.3) is 0 Å².